The van der Waals surface area contributed by atoms with Crippen LogP contribution in [0.4, 0.5) is 5.69 Å². The van der Waals surface area contributed by atoms with Crippen LogP contribution < -0.4 is 5.32 Å². The fraction of sp³-hybridized carbons (Fsp3) is 0.150. The summed E-state index contributed by atoms with van der Waals surface area (Å²) < 4.78 is 0. The highest BCUT2D eigenvalue weighted by molar-refractivity contribution is 7.98. The molecule has 0 aliphatic carbocycles. The first kappa shape index (κ1) is 18.4. The average molecular weight is 384 g/mol. The van der Waals surface area contributed by atoms with Crippen molar-refractivity contribution >= 4 is 35.0 Å². The molecule has 2 heterocycles. The molecule has 2 aromatic heterocycles. The minimum atomic E-state index is -0.175. The van der Waals surface area contributed by atoms with Crippen LogP contribution in [0.3, 0.4) is 0 Å². The van der Waals surface area contributed by atoms with Crippen LogP contribution in [0.5, 0.6) is 0 Å². The summed E-state index contributed by atoms with van der Waals surface area (Å²) in [6, 6.07) is 11.4. The molecule has 3 aromatic rings. The molecule has 132 valence electrons. The molecule has 0 aliphatic rings. The molecule has 1 amide bonds. The van der Waals surface area contributed by atoms with Crippen LogP contribution in [-0.2, 0) is 5.75 Å². The molecular weight excluding hydrogens is 366 g/mol. The number of hydrogen-bond donors (Lipinski definition) is 1. The van der Waals surface area contributed by atoms with Gasteiger partial charge in [0.25, 0.3) is 5.91 Å². The van der Waals surface area contributed by atoms with Crippen LogP contribution in [0.1, 0.15) is 27.0 Å². The van der Waals surface area contributed by atoms with Crippen molar-refractivity contribution in [2.75, 3.05) is 5.32 Å². The summed E-state index contributed by atoms with van der Waals surface area (Å²) in [5, 5.41) is 4.24. The number of aryl methyl sites for hydroxylation is 2. The van der Waals surface area contributed by atoms with Gasteiger partial charge in [-0.2, -0.15) is 0 Å². The Bertz CT molecular complexity index is 926. The lowest BCUT2D eigenvalue weighted by molar-refractivity contribution is 0.102. The summed E-state index contributed by atoms with van der Waals surface area (Å²) in [4.78, 5) is 21.1. The number of aromatic nitrogens is 2. The molecule has 0 aliphatic heterocycles. The molecule has 1 N–H and O–H groups in total. The molecular formula is C20H18ClN3OS. The van der Waals surface area contributed by atoms with Gasteiger partial charge in [0.05, 0.1) is 10.6 Å². The molecule has 0 atom stereocenters. The van der Waals surface area contributed by atoms with E-state index in [1.165, 1.54) is 11.8 Å². The number of carbonyl (C=O) groups is 1. The van der Waals surface area contributed by atoms with Gasteiger partial charge in [-0.15, -0.1) is 11.8 Å². The number of nitrogens with one attached hydrogen (secondary N) is 1. The Morgan fingerprint density at radius 3 is 2.65 bits per heavy atom. The summed E-state index contributed by atoms with van der Waals surface area (Å²) in [5.41, 5.74) is 4.49. The van der Waals surface area contributed by atoms with Crippen molar-refractivity contribution in [3.05, 3.63) is 82.3 Å². The van der Waals surface area contributed by atoms with Gasteiger partial charge >= 0.3 is 0 Å². The first-order valence-corrected chi connectivity index (χ1v) is 9.45. The van der Waals surface area contributed by atoms with E-state index < -0.39 is 0 Å². The summed E-state index contributed by atoms with van der Waals surface area (Å²) in [5.74, 6) is 0.439. The molecule has 0 fully saturated rings. The van der Waals surface area contributed by atoms with Crippen molar-refractivity contribution in [3.63, 3.8) is 0 Å². The summed E-state index contributed by atoms with van der Waals surface area (Å²) in [6.45, 7) is 4.01. The Balaban J connectivity index is 1.78. The van der Waals surface area contributed by atoms with Crippen LogP contribution >= 0.6 is 23.4 Å². The lowest BCUT2D eigenvalue weighted by Crippen LogP contribution is -2.14. The largest absolute Gasteiger partial charge is 0.322 e. The number of rotatable bonds is 5. The molecule has 0 bridgehead atoms. The van der Waals surface area contributed by atoms with Gasteiger partial charge in [0, 0.05) is 30.0 Å². The minimum Gasteiger partial charge on any atom is -0.322 e. The zero-order chi connectivity index (χ0) is 18.5. The van der Waals surface area contributed by atoms with Crippen molar-refractivity contribution in [2.45, 2.75) is 24.6 Å². The monoisotopic (exact) mass is 383 g/mol. The first-order chi connectivity index (χ1) is 12.5. The van der Waals surface area contributed by atoms with Crippen LogP contribution in [-0.4, -0.2) is 15.9 Å². The Morgan fingerprint density at radius 1 is 1.15 bits per heavy atom. The third-order valence-corrected chi connectivity index (χ3v) is 5.11. The van der Waals surface area contributed by atoms with E-state index in [-0.39, 0.29) is 5.91 Å². The maximum Gasteiger partial charge on any atom is 0.258 e. The Kier molecular flexibility index (Phi) is 5.91. The second kappa shape index (κ2) is 8.34. The highest BCUT2D eigenvalue weighted by Crippen LogP contribution is 2.27. The highest BCUT2D eigenvalue weighted by Gasteiger charge is 2.14. The number of carbonyl (C=O) groups excluding carboxylic acids is 1. The Hall–Kier alpha value is -2.37. The minimum absolute atomic E-state index is 0.175. The number of anilines is 1. The molecule has 3 rings (SSSR count). The van der Waals surface area contributed by atoms with Gasteiger partial charge in [0.15, 0.2) is 0 Å². The van der Waals surface area contributed by atoms with Crippen molar-refractivity contribution < 1.29 is 4.79 Å². The molecule has 0 unspecified atom stereocenters. The fourth-order valence-electron chi connectivity index (χ4n) is 2.59. The molecule has 26 heavy (non-hydrogen) atoms. The normalized spacial score (nSPS) is 10.6. The molecule has 6 heteroatoms. The average Bonchev–Trinajstić information content (AvgIpc) is 2.60. The zero-order valence-electron chi connectivity index (χ0n) is 14.5. The SMILES string of the molecule is Cc1cc(C)cc(NC(=O)c2cccnc2SCc2ccncc2Cl)c1. The fourth-order valence-corrected chi connectivity index (χ4v) is 3.85. The molecule has 0 saturated carbocycles. The molecule has 0 saturated heterocycles. The maximum absolute atomic E-state index is 12.7. The number of hydrogen-bond acceptors (Lipinski definition) is 4. The van der Waals surface area contributed by atoms with E-state index in [0.29, 0.717) is 21.4 Å². The van der Waals surface area contributed by atoms with Crippen LogP contribution in [0, 0.1) is 13.8 Å². The number of pyridine rings is 2. The topological polar surface area (TPSA) is 54.9 Å². The number of thioether (sulfide) groups is 1. The van der Waals surface area contributed by atoms with Crippen molar-refractivity contribution in [3.8, 4) is 0 Å². The van der Waals surface area contributed by atoms with Crippen LogP contribution in [0.25, 0.3) is 0 Å². The van der Waals surface area contributed by atoms with Gasteiger partial charge < -0.3 is 5.32 Å². The van der Waals surface area contributed by atoms with Gasteiger partial charge in [0.2, 0.25) is 0 Å². The Morgan fingerprint density at radius 2 is 1.92 bits per heavy atom. The van der Waals surface area contributed by atoms with E-state index in [4.69, 9.17) is 11.6 Å². The summed E-state index contributed by atoms with van der Waals surface area (Å²) in [7, 11) is 0. The van der Waals surface area contributed by atoms with Gasteiger partial charge in [-0.05, 0) is 60.9 Å². The second-order valence-electron chi connectivity index (χ2n) is 5.94. The predicted molar refractivity (Wildman–Crippen MR) is 107 cm³/mol. The van der Waals surface area contributed by atoms with E-state index in [2.05, 4.69) is 21.4 Å². The highest BCUT2D eigenvalue weighted by atomic mass is 35.5. The van der Waals surface area contributed by atoms with Gasteiger partial charge in [-0.25, -0.2) is 4.98 Å². The lowest BCUT2D eigenvalue weighted by Gasteiger charge is -2.11. The van der Waals surface area contributed by atoms with E-state index in [1.54, 1.807) is 30.7 Å². The van der Waals surface area contributed by atoms with Crippen molar-refractivity contribution in [1.29, 1.82) is 0 Å². The van der Waals surface area contributed by atoms with Crippen molar-refractivity contribution in [1.82, 2.24) is 9.97 Å². The molecule has 0 spiro atoms. The van der Waals surface area contributed by atoms with Gasteiger partial charge in [0.1, 0.15) is 5.03 Å². The number of benzene rings is 1. The maximum atomic E-state index is 12.7. The second-order valence-corrected chi connectivity index (χ2v) is 7.31. The third-order valence-electron chi connectivity index (χ3n) is 3.72. The number of nitrogens with zero attached hydrogens (tertiary/aromatic N) is 2. The number of halogens is 1. The smallest absolute Gasteiger partial charge is 0.258 e. The quantitative estimate of drug-likeness (QED) is 0.608. The lowest BCUT2D eigenvalue weighted by atomic mass is 10.1. The van der Waals surface area contributed by atoms with E-state index in [1.807, 2.05) is 32.0 Å². The zero-order valence-corrected chi connectivity index (χ0v) is 16.1. The van der Waals surface area contributed by atoms with Gasteiger partial charge in [-0.1, -0.05) is 17.7 Å². The summed E-state index contributed by atoms with van der Waals surface area (Å²) >= 11 is 7.63. The standard InChI is InChI=1S/C20H18ClN3OS/c1-13-8-14(2)10-16(9-13)24-19(25)17-4-3-6-23-20(17)26-12-15-5-7-22-11-18(15)21/h3-11H,12H2,1-2H3,(H,24,25). The van der Waals surface area contributed by atoms with Crippen LogP contribution in [0.15, 0.2) is 60.0 Å². The Labute approximate surface area is 162 Å². The van der Waals surface area contributed by atoms with Crippen LogP contribution in [0.2, 0.25) is 5.02 Å². The summed E-state index contributed by atoms with van der Waals surface area (Å²) in [6.07, 6.45) is 5.00. The van der Waals surface area contributed by atoms with E-state index >= 15 is 0 Å². The molecule has 4 nitrogen and oxygen atoms in total. The third kappa shape index (κ3) is 4.62. The van der Waals surface area contributed by atoms with Gasteiger partial charge in [-0.3, -0.25) is 9.78 Å². The van der Waals surface area contributed by atoms with Crippen molar-refractivity contribution in [2.24, 2.45) is 0 Å². The van der Waals surface area contributed by atoms with E-state index in [0.717, 1.165) is 22.4 Å². The first-order valence-electron chi connectivity index (χ1n) is 8.09. The molecule has 0 radical (unpaired) electrons. The van der Waals surface area contributed by atoms with E-state index in [9.17, 15) is 4.79 Å². The predicted octanol–water partition coefficient (Wildman–Crippen LogP) is 5.29. The number of amides is 1. The molecule has 1 aromatic carbocycles.